The fourth-order valence-electron chi connectivity index (χ4n) is 3.46. The van der Waals surface area contributed by atoms with E-state index >= 15 is 0 Å². The van der Waals surface area contributed by atoms with E-state index in [9.17, 15) is 27.9 Å². The van der Waals surface area contributed by atoms with E-state index in [0.29, 0.717) is 25.9 Å². The van der Waals surface area contributed by atoms with Crippen molar-refractivity contribution in [1.82, 2.24) is 9.80 Å². The molecule has 1 unspecified atom stereocenters. The van der Waals surface area contributed by atoms with Crippen LogP contribution in [-0.2, 0) is 15.7 Å². The molecule has 2 heterocycles. The van der Waals surface area contributed by atoms with Crippen LogP contribution >= 0.6 is 0 Å². The highest BCUT2D eigenvalue weighted by molar-refractivity contribution is 5.97. The van der Waals surface area contributed by atoms with Crippen molar-refractivity contribution < 1.29 is 32.6 Å². The number of amides is 1. The topological polar surface area (TPSA) is 70.1 Å². The van der Waals surface area contributed by atoms with Crippen LogP contribution in [0.25, 0.3) is 0 Å². The fourth-order valence-corrected chi connectivity index (χ4v) is 3.46. The number of carboxylic acid groups (broad SMARTS) is 1. The molecule has 6 nitrogen and oxygen atoms in total. The molecule has 26 heavy (non-hydrogen) atoms. The smallest absolute Gasteiger partial charge is 0.416 e. The maximum absolute atomic E-state index is 13.0. The number of hydrogen-bond donors (Lipinski definition) is 1. The summed E-state index contributed by atoms with van der Waals surface area (Å²) in [5, 5.41) is 9.46. The maximum atomic E-state index is 13.0. The van der Waals surface area contributed by atoms with Crippen molar-refractivity contribution in [2.45, 2.75) is 30.8 Å². The summed E-state index contributed by atoms with van der Waals surface area (Å²) >= 11 is 0. The molecule has 0 saturated carbocycles. The van der Waals surface area contributed by atoms with Crippen LogP contribution in [0.15, 0.2) is 24.3 Å². The number of carbonyl (C=O) groups is 2. The number of benzene rings is 1. The Labute approximate surface area is 148 Å². The normalized spacial score (nSPS) is 23.4. The van der Waals surface area contributed by atoms with Crippen molar-refractivity contribution in [3.8, 4) is 0 Å². The predicted octanol–water partition coefficient (Wildman–Crippen LogP) is 2.05. The molecule has 0 radical (unpaired) electrons. The highest BCUT2D eigenvalue weighted by Crippen LogP contribution is 2.38. The molecule has 2 fully saturated rings. The van der Waals surface area contributed by atoms with Gasteiger partial charge in [0.1, 0.15) is 5.72 Å². The zero-order chi connectivity index (χ0) is 19.1. The molecule has 142 valence electrons. The molecule has 9 heteroatoms. The minimum atomic E-state index is -4.50. The lowest BCUT2D eigenvalue weighted by molar-refractivity contribution is -0.143. The van der Waals surface area contributed by atoms with Gasteiger partial charge in [0.25, 0.3) is 5.91 Å². The maximum Gasteiger partial charge on any atom is 0.416 e. The van der Waals surface area contributed by atoms with Gasteiger partial charge in [-0.2, -0.15) is 13.2 Å². The summed E-state index contributed by atoms with van der Waals surface area (Å²) in [6.45, 7) is 1.12. The molecule has 1 aromatic carbocycles. The summed E-state index contributed by atoms with van der Waals surface area (Å²) in [6, 6.07) is 2.63. The van der Waals surface area contributed by atoms with Gasteiger partial charge < -0.3 is 14.7 Å². The fraction of sp³-hybridized carbons (Fsp3) is 0.529. The van der Waals surface area contributed by atoms with E-state index < -0.39 is 35.4 Å². The first kappa shape index (κ1) is 18.7. The number of likely N-dealkylation sites (tertiary alicyclic amines) is 1. The van der Waals surface area contributed by atoms with Crippen LogP contribution < -0.4 is 0 Å². The Kier molecular flexibility index (Phi) is 4.70. The number of halogens is 3. The molecule has 1 spiro atoms. The van der Waals surface area contributed by atoms with Gasteiger partial charge in [-0.25, -0.2) is 4.79 Å². The van der Waals surface area contributed by atoms with Crippen molar-refractivity contribution in [2.75, 3.05) is 26.7 Å². The second-order valence-corrected chi connectivity index (χ2v) is 6.66. The molecule has 1 aromatic rings. The number of rotatable bonds is 2. The van der Waals surface area contributed by atoms with Crippen molar-refractivity contribution >= 4 is 11.9 Å². The minimum Gasteiger partial charge on any atom is -0.480 e. The van der Waals surface area contributed by atoms with Crippen LogP contribution in [0, 0.1) is 0 Å². The van der Waals surface area contributed by atoms with Gasteiger partial charge >= 0.3 is 12.1 Å². The van der Waals surface area contributed by atoms with Crippen LogP contribution in [0.3, 0.4) is 0 Å². The van der Waals surface area contributed by atoms with Gasteiger partial charge in [-0.3, -0.25) is 9.69 Å². The van der Waals surface area contributed by atoms with E-state index in [1.54, 1.807) is 0 Å². The van der Waals surface area contributed by atoms with Gasteiger partial charge in [-0.1, -0.05) is 0 Å². The predicted molar refractivity (Wildman–Crippen MR) is 84.5 cm³/mol. The molecule has 1 N–H and O–H groups in total. The lowest BCUT2D eigenvalue weighted by atomic mass is 9.97. The second kappa shape index (κ2) is 6.55. The molecule has 1 atom stereocenters. The lowest BCUT2D eigenvalue weighted by Gasteiger charge is -2.43. The van der Waals surface area contributed by atoms with Gasteiger partial charge in [0, 0.05) is 31.5 Å². The Morgan fingerprint density at radius 2 is 1.77 bits per heavy atom. The molecule has 1 amide bonds. The summed E-state index contributed by atoms with van der Waals surface area (Å²) in [6.07, 6.45) is -3.61. The minimum absolute atomic E-state index is 0.00746. The highest BCUT2D eigenvalue weighted by Gasteiger charge is 2.53. The molecule has 0 aromatic heterocycles. The van der Waals surface area contributed by atoms with Gasteiger partial charge in [-0.15, -0.1) is 0 Å². The lowest BCUT2D eigenvalue weighted by Crippen LogP contribution is -2.57. The molecule has 3 rings (SSSR count). The van der Waals surface area contributed by atoms with Crippen molar-refractivity contribution in [3.63, 3.8) is 0 Å². The van der Waals surface area contributed by atoms with Crippen LogP contribution in [0.2, 0.25) is 0 Å². The number of hydrogen-bond acceptors (Lipinski definition) is 4. The SMILES string of the molecule is CN1CCC2(CC1)OCC(C(=O)O)N2C(=O)c1ccc(C(F)(F)F)cc1. The van der Waals surface area contributed by atoms with E-state index in [1.165, 1.54) is 4.90 Å². The van der Waals surface area contributed by atoms with Gasteiger partial charge in [0.05, 0.1) is 12.2 Å². The number of alkyl halides is 3. The molecule has 2 aliphatic rings. The molecule has 0 aliphatic carbocycles. The standard InChI is InChI=1S/C17H19F3N2O4/c1-21-8-6-16(7-9-21)22(13(10-26-16)15(24)25)14(23)11-2-4-12(5-3-11)17(18,19)20/h2-5,13H,6-10H2,1H3,(H,24,25). The third kappa shape index (κ3) is 3.28. The molecular formula is C17H19F3N2O4. The molecule has 2 aliphatic heterocycles. The van der Waals surface area contributed by atoms with E-state index in [2.05, 4.69) is 0 Å². The summed E-state index contributed by atoms with van der Waals surface area (Å²) < 4.78 is 43.9. The van der Waals surface area contributed by atoms with Gasteiger partial charge in [-0.05, 0) is 31.3 Å². The van der Waals surface area contributed by atoms with E-state index in [-0.39, 0.29) is 12.2 Å². The first-order valence-corrected chi connectivity index (χ1v) is 8.20. The third-order valence-corrected chi connectivity index (χ3v) is 4.99. The highest BCUT2D eigenvalue weighted by atomic mass is 19.4. The first-order valence-electron chi connectivity index (χ1n) is 8.20. The van der Waals surface area contributed by atoms with Crippen molar-refractivity contribution in [3.05, 3.63) is 35.4 Å². The third-order valence-electron chi connectivity index (χ3n) is 4.99. The van der Waals surface area contributed by atoms with E-state index in [4.69, 9.17) is 4.74 Å². The second-order valence-electron chi connectivity index (χ2n) is 6.66. The largest absolute Gasteiger partial charge is 0.480 e. The Bertz CT molecular complexity index is 697. The van der Waals surface area contributed by atoms with Crippen LogP contribution in [0.4, 0.5) is 13.2 Å². The zero-order valence-electron chi connectivity index (χ0n) is 14.1. The van der Waals surface area contributed by atoms with E-state index in [0.717, 1.165) is 24.3 Å². The summed E-state index contributed by atoms with van der Waals surface area (Å²) in [7, 11) is 1.92. The Morgan fingerprint density at radius 1 is 1.19 bits per heavy atom. The number of carboxylic acids is 1. The van der Waals surface area contributed by atoms with Crippen molar-refractivity contribution in [1.29, 1.82) is 0 Å². The number of nitrogens with zero attached hydrogens (tertiary/aromatic N) is 2. The first-order chi connectivity index (χ1) is 12.1. The molecule has 0 bridgehead atoms. The van der Waals surface area contributed by atoms with E-state index in [1.807, 2.05) is 11.9 Å². The average molecular weight is 372 g/mol. The Balaban J connectivity index is 1.91. The summed E-state index contributed by atoms with van der Waals surface area (Å²) in [5.41, 5.74) is -1.89. The monoisotopic (exact) mass is 372 g/mol. The van der Waals surface area contributed by atoms with Gasteiger partial charge in [0.15, 0.2) is 6.04 Å². The molecule has 2 saturated heterocycles. The number of carbonyl (C=O) groups excluding carboxylic acids is 1. The number of aliphatic carboxylic acids is 1. The quantitative estimate of drug-likeness (QED) is 0.861. The zero-order valence-corrected chi connectivity index (χ0v) is 14.1. The number of ether oxygens (including phenoxy) is 1. The van der Waals surface area contributed by atoms with Crippen LogP contribution in [0.1, 0.15) is 28.8 Å². The van der Waals surface area contributed by atoms with Crippen molar-refractivity contribution in [2.24, 2.45) is 0 Å². The van der Waals surface area contributed by atoms with Gasteiger partial charge in [0.2, 0.25) is 0 Å². The Morgan fingerprint density at radius 3 is 2.27 bits per heavy atom. The summed E-state index contributed by atoms with van der Waals surface area (Å²) in [4.78, 5) is 27.8. The molecular weight excluding hydrogens is 353 g/mol. The number of piperidine rings is 1. The van der Waals surface area contributed by atoms with Crippen LogP contribution in [-0.4, -0.2) is 65.3 Å². The van der Waals surface area contributed by atoms with Crippen LogP contribution in [0.5, 0.6) is 0 Å². The summed E-state index contributed by atoms with van der Waals surface area (Å²) in [5.74, 6) is -1.82. The average Bonchev–Trinajstić information content (AvgIpc) is 2.96. The Hall–Kier alpha value is -2.13.